The van der Waals surface area contributed by atoms with E-state index in [1.807, 2.05) is 0 Å². The zero-order valence-corrected chi connectivity index (χ0v) is 12.4. The zero-order valence-electron chi connectivity index (χ0n) is 10.0. The molecule has 20 heavy (non-hydrogen) atoms. The summed E-state index contributed by atoms with van der Waals surface area (Å²) in [6, 6.07) is 10.1. The highest BCUT2D eigenvalue weighted by atomic mass is 79.9. The number of carbonyl (C=O) groups is 1. The van der Waals surface area contributed by atoms with Gasteiger partial charge in [-0.25, -0.2) is 4.79 Å². The molecule has 0 saturated heterocycles. The molecule has 0 aliphatic heterocycles. The van der Waals surface area contributed by atoms with Gasteiger partial charge in [0.05, 0.1) is 11.0 Å². The molecule has 0 aliphatic rings. The van der Waals surface area contributed by atoms with Crippen molar-refractivity contribution in [2.75, 3.05) is 0 Å². The SMILES string of the molecule is O=C(c1cccc(Cl)c1)c1cc2[nH]c(=O)[nH]c2cc1Br. The van der Waals surface area contributed by atoms with Crippen LogP contribution in [0.15, 0.2) is 45.7 Å². The molecule has 0 fully saturated rings. The fraction of sp³-hybridized carbons (Fsp3) is 0. The van der Waals surface area contributed by atoms with E-state index in [2.05, 4.69) is 25.9 Å². The number of H-pyrrole nitrogens is 2. The number of benzene rings is 2. The molecule has 3 aromatic rings. The van der Waals surface area contributed by atoms with Crippen LogP contribution >= 0.6 is 27.5 Å². The van der Waals surface area contributed by atoms with Crippen molar-refractivity contribution in [2.45, 2.75) is 0 Å². The van der Waals surface area contributed by atoms with Gasteiger partial charge in [-0.1, -0.05) is 23.7 Å². The lowest BCUT2D eigenvalue weighted by molar-refractivity contribution is 0.103. The first-order valence-electron chi connectivity index (χ1n) is 5.76. The van der Waals surface area contributed by atoms with Gasteiger partial charge in [0.2, 0.25) is 0 Å². The van der Waals surface area contributed by atoms with E-state index in [1.165, 1.54) is 0 Å². The van der Waals surface area contributed by atoms with Crippen LogP contribution in [0.1, 0.15) is 15.9 Å². The number of imidazole rings is 1. The molecule has 3 rings (SSSR count). The molecule has 0 saturated carbocycles. The Morgan fingerprint density at radius 1 is 1.10 bits per heavy atom. The van der Waals surface area contributed by atoms with Crippen molar-refractivity contribution in [2.24, 2.45) is 0 Å². The minimum absolute atomic E-state index is 0.164. The lowest BCUT2D eigenvalue weighted by Crippen LogP contribution is -2.02. The first-order chi connectivity index (χ1) is 9.54. The van der Waals surface area contributed by atoms with E-state index in [1.54, 1.807) is 36.4 Å². The van der Waals surface area contributed by atoms with Gasteiger partial charge in [0.15, 0.2) is 5.78 Å². The Balaban J connectivity index is 2.16. The van der Waals surface area contributed by atoms with E-state index >= 15 is 0 Å². The summed E-state index contributed by atoms with van der Waals surface area (Å²) >= 11 is 9.25. The monoisotopic (exact) mass is 350 g/mol. The van der Waals surface area contributed by atoms with Crippen molar-refractivity contribution in [3.63, 3.8) is 0 Å². The molecular weight excluding hydrogens is 344 g/mol. The second-order valence-electron chi connectivity index (χ2n) is 4.30. The number of ketones is 1. The summed E-state index contributed by atoms with van der Waals surface area (Å²) in [6.45, 7) is 0. The Labute approximate surface area is 126 Å². The summed E-state index contributed by atoms with van der Waals surface area (Å²) in [5.41, 5.74) is 1.89. The van der Waals surface area contributed by atoms with Gasteiger partial charge in [-0.05, 0) is 40.2 Å². The molecule has 0 spiro atoms. The maximum absolute atomic E-state index is 12.5. The van der Waals surface area contributed by atoms with Gasteiger partial charge in [-0.15, -0.1) is 0 Å². The standard InChI is InChI=1S/C14H8BrClN2O2/c15-10-6-12-11(17-14(20)18-12)5-9(10)13(19)7-2-1-3-8(16)4-7/h1-6H,(H2,17,18,20). The minimum Gasteiger partial charge on any atom is -0.306 e. The number of aromatic amines is 2. The molecule has 0 aliphatic carbocycles. The van der Waals surface area contributed by atoms with Crippen LogP contribution in [-0.2, 0) is 0 Å². The molecule has 2 aromatic carbocycles. The highest BCUT2D eigenvalue weighted by Gasteiger charge is 2.15. The number of hydrogen-bond acceptors (Lipinski definition) is 2. The Morgan fingerprint density at radius 3 is 2.50 bits per heavy atom. The molecule has 1 heterocycles. The molecule has 0 amide bonds. The first kappa shape index (κ1) is 13.1. The second kappa shape index (κ2) is 4.92. The zero-order chi connectivity index (χ0) is 14.3. The molecular formula is C14H8BrClN2O2. The number of nitrogens with one attached hydrogen (secondary N) is 2. The van der Waals surface area contributed by atoms with Gasteiger partial charge in [-0.2, -0.15) is 0 Å². The molecule has 0 atom stereocenters. The largest absolute Gasteiger partial charge is 0.323 e. The average molecular weight is 352 g/mol. The van der Waals surface area contributed by atoms with E-state index in [9.17, 15) is 9.59 Å². The van der Waals surface area contributed by atoms with Crippen LogP contribution in [0.4, 0.5) is 0 Å². The van der Waals surface area contributed by atoms with Crippen LogP contribution in [0.5, 0.6) is 0 Å². The molecule has 0 unspecified atom stereocenters. The first-order valence-corrected chi connectivity index (χ1v) is 6.93. The highest BCUT2D eigenvalue weighted by molar-refractivity contribution is 9.10. The molecule has 4 nitrogen and oxygen atoms in total. The van der Waals surface area contributed by atoms with Crippen molar-refractivity contribution in [3.8, 4) is 0 Å². The van der Waals surface area contributed by atoms with Crippen LogP contribution in [0.3, 0.4) is 0 Å². The van der Waals surface area contributed by atoms with Gasteiger partial charge in [0.25, 0.3) is 0 Å². The van der Waals surface area contributed by atoms with Crippen LogP contribution in [0.2, 0.25) is 5.02 Å². The molecule has 2 N–H and O–H groups in total. The van der Waals surface area contributed by atoms with Gasteiger partial charge in [0.1, 0.15) is 0 Å². The number of fused-ring (bicyclic) bond motifs is 1. The second-order valence-corrected chi connectivity index (χ2v) is 5.59. The quantitative estimate of drug-likeness (QED) is 0.694. The van der Waals surface area contributed by atoms with E-state index in [0.717, 1.165) is 0 Å². The topological polar surface area (TPSA) is 65.7 Å². The highest BCUT2D eigenvalue weighted by Crippen LogP contribution is 2.25. The van der Waals surface area contributed by atoms with Gasteiger partial charge >= 0.3 is 5.69 Å². The van der Waals surface area contributed by atoms with Crippen LogP contribution in [0, 0.1) is 0 Å². The number of rotatable bonds is 2. The fourth-order valence-corrected chi connectivity index (χ4v) is 2.73. The third-order valence-corrected chi connectivity index (χ3v) is 3.83. The van der Waals surface area contributed by atoms with Gasteiger partial charge in [-0.3, -0.25) is 4.79 Å². The molecule has 6 heteroatoms. The average Bonchev–Trinajstić information content (AvgIpc) is 2.76. The Kier molecular flexibility index (Phi) is 3.23. The van der Waals surface area contributed by atoms with Crippen molar-refractivity contribution in [3.05, 3.63) is 67.5 Å². The minimum atomic E-state index is -0.306. The Morgan fingerprint density at radius 2 is 1.80 bits per heavy atom. The summed E-state index contributed by atoms with van der Waals surface area (Å²) in [5.74, 6) is -0.164. The maximum Gasteiger partial charge on any atom is 0.323 e. The van der Waals surface area contributed by atoms with Crippen molar-refractivity contribution in [1.29, 1.82) is 0 Å². The smallest absolute Gasteiger partial charge is 0.306 e. The Bertz CT molecular complexity index is 882. The van der Waals surface area contributed by atoms with Gasteiger partial charge in [0, 0.05) is 20.6 Å². The van der Waals surface area contributed by atoms with E-state index in [-0.39, 0.29) is 11.5 Å². The summed E-state index contributed by atoms with van der Waals surface area (Å²) in [7, 11) is 0. The van der Waals surface area contributed by atoms with Gasteiger partial charge < -0.3 is 9.97 Å². The number of halogens is 2. The van der Waals surface area contributed by atoms with Crippen molar-refractivity contribution < 1.29 is 4.79 Å². The molecule has 0 radical (unpaired) electrons. The number of hydrogen-bond donors (Lipinski definition) is 2. The van der Waals surface area contributed by atoms with Crippen molar-refractivity contribution in [1.82, 2.24) is 9.97 Å². The van der Waals surface area contributed by atoms with Crippen LogP contribution in [-0.4, -0.2) is 15.8 Å². The van der Waals surface area contributed by atoms with Crippen LogP contribution < -0.4 is 5.69 Å². The fourth-order valence-electron chi connectivity index (χ4n) is 2.02. The van der Waals surface area contributed by atoms with E-state index in [4.69, 9.17) is 11.6 Å². The predicted octanol–water partition coefficient (Wildman–Crippen LogP) is 3.50. The van der Waals surface area contributed by atoms with Crippen molar-refractivity contribution >= 4 is 44.3 Å². The summed E-state index contributed by atoms with van der Waals surface area (Å²) in [4.78, 5) is 29.0. The maximum atomic E-state index is 12.5. The third kappa shape index (κ3) is 2.30. The summed E-state index contributed by atoms with van der Waals surface area (Å²) in [6.07, 6.45) is 0. The predicted molar refractivity (Wildman–Crippen MR) is 81.5 cm³/mol. The molecule has 1 aromatic heterocycles. The number of aromatic nitrogens is 2. The lowest BCUT2D eigenvalue weighted by atomic mass is 10.0. The summed E-state index contributed by atoms with van der Waals surface area (Å²) < 4.78 is 0.616. The Hall–Kier alpha value is -1.85. The molecule has 100 valence electrons. The van der Waals surface area contributed by atoms with Crippen LogP contribution in [0.25, 0.3) is 11.0 Å². The van der Waals surface area contributed by atoms with E-state index < -0.39 is 0 Å². The summed E-state index contributed by atoms with van der Waals surface area (Å²) in [5, 5.41) is 0.503. The van der Waals surface area contributed by atoms with E-state index in [0.29, 0.717) is 31.7 Å². The number of carbonyl (C=O) groups excluding carboxylic acids is 1. The lowest BCUT2D eigenvalue weighted by Gasteiger charge is -2.05. The third-order valence-electron chi connectivity index (χ3n) is 2.94. The molecule has 0 bridgehead atoms. The normalized spacial score (nSPS) is 10.9.